The van der Waals surface area contributed by atoms with Crippen molar-refractivity contribution in [2.75, 3.05) is 11.8 Å². The van der Waals surface area contributed by atoms with Crippen LogP contribution in [0.15, 0.2) is 41.3 Å². The molecule has 118 valence electrons. The molecule has 2 aromatic rings. The van der Waals surface area contributed by atoms with Gasteiger partial charge in [0.15, 0.2) is 0 Å². The van der Waals surface area contributed by atoms with E-state index < -0.39 is 10.0 Å². The highest BCUT2D eigenvalue weighted by atomic mass is 35.5. The fourth-order valence-electron chi connectivity index (χ4n) is 2.01. The lowest BCUT2D eigenvalue weighted by Crippen LogP contribution is -2.15. The molecule has 2 aromatic carbocycles. The van der Waals surface area contributed by atoms with Crippen LogP contribution in [-0.4, -0.2) is 20.6 Å². The zero-order valence-electron chi connectivity index (χ0n) is 12.1. The molecule has 2 N–H and O–H groups in total. The SMILES string of the molecule is COc1ccc(Cl)cc1S(=O)(=O)Nc1ccc(C)cc1CO. The van der Waals surface area contributed by atoms with Gasteiger partial charge in [0.1, 0.15) is 10.6 Å². The molecule has 0 radical (unpaired) electrons. The molecule has 0 spiro atoms. The number of hydrogen-bond acceptors (Lipinski definition) is 4. The summed E-state index contributed by atoms with van der Waals surface area (Å²) in [5, 5.41) is 9.66. The van der Waals surface area contributed by atoms with Gasteiger partial charge in [-0.15, -0.1) is 0 Å². The number of anilines is 1. The number of nitrogens with one attached hydrogen (secondary N) is 1. The van der Waals surface area contributed by atoms with Crippen molar-refractivity contribution in [3.05, 3.63) is 52.5 Å². The minimum absolute atomic E-state index is 0.0630. The number of benzene rings is 2. The number of aliphatic hydroxyl groups is 1. The van der Waals surface area contributed by atoms with E-state index in [4.69, 9.17) is 16.3 Å². The summed E-state index contributed by atoms with van der Waals surface area (Å²) in [5.74, 6) is 0.189. The maximum absolute atomic E-state index is 12.6. The van der Waals surface area contributed by atoms with Crippen molar-refractivity contribution in [1.82, 2.24) is 0 Å². The molecule has 0 saturated heterocycles. The van der Waals surface area contributed by atoms with Crippen LogP contribution in [0.3, 0.4) is 0 Å². The van der Waals surface area contributed by atoms with E-state index in [2.05, 4.69) is 4.72 Å². The second-order valence-electron chi connectivity index (χ2n) is 4.72. The Balaban J connectivity index is 2.47. The Labute approximate surface area is 134 Å². The smallest absolute Gasteiger partial charge is 0.265 e. The summed E-state index contributed by atoms with van der Waals surface area (Å²) >= 11 is 5.87. The van der Waals surface area contributed by atoms with Gasteiger partial charge in [0.05, 0.1) is 19.4 Å². The minimum Gasteiger partial charge on any atom is -0.495 e. The number of halogens is 1. The van der Waals surface area contributed by atoms with Crippen LogP contribution in [0.5, 0.6) is 5.75 Å². The van der Waals surface area contributed by atoms with Crippen LogP contribution in [-0.2, 0) is 16.6 Å². The number of aryl methyl sites for hydroxylation is 1. The zero-order chi connectivity index (χ0) is 16.3. The lowest BCUT2D eigenvalue weighted by atomic mass is 10.1. The molecule has 0 aliphatic carbocycles. The first-order valence-electron chi connectivity index (χ1n) is 6.44. The Hall–Kier alpha value is -1.76. The molecule has 5 nitrogen and oxygen atoms in total. The molecule has 0 unspecified atom stereocenters. The average Bonchev–Trinajstić information content (AvgIpc) is 2.48. The summed E-state index contributed by atoms with van der Waals surface area (Å²) in [5.41, 5.74) is 1.73. The van der Waals surface area contributed by atoms with Crippen molar-refractivity contribution in [2.45, 2.75) is 18.4 Å². The number of aliphatic hydroxyl groups excluding tert-OH is 1. The van der Waals surface area contributed by atoms with Gasteiger partial charge in [0.2, 0.25) is 0 Å². The molecule has 0 heterocycles. The molecule has 0 saturated carbocycles. The van der Waals surface area contributed by atoms with E-state index in [1.54, 1.807) is 24.3 Å². The largest absolute Gasteiger partial charge is 0.495 e. The van der Waals surface area contributed by atoms with Gasteiger partial charge in [-0.05, 0) is 31.2 Å². The first kappa shape index (κ1) is 16.6. The number of rotatable bonds is 5. The average molecular weight is 342 g/mol. The highest BCUT2D eigenvalue weighted by Gasteiger charge is 2.21. The van der Waals surface area contributed by atoms with Crippen LogP contribution in [0, 0.1) is 6.92 Å². The van der Waals surface area contributed by atoms with Crippen LogP contribution in [0.2, 0.25) is 5.02 Å². The second-order valence-corrected chi connectivity index (χ2v) is 6.81. The molecule has 0 amide bonds. The Bertz CT molecular complexity index is 790. The third-order valence-electron chi connectivity index (χ3n) is 3.09. The van der Waals surface area contributed by atoms with Gasteiger partial charge < -0.3 is 9.84 Å². The summed E-state index contributed by atoms with van der Waals surface area (Å²) in [7, 11) is -2.51. The molecule has 0 bridgehead atoms. The lowest BCUT2D eigenvalue weighted by molar-refractivity contribution is 0.282. The lowest BCUT2D eigenvalue weighted by Gasteiger charge is -2.14. The Morgan fingerprint density at radius 3 is 2.59 bits per heavy atom. The first-order chi connectivity index (χ1) is 10.4. The standard InChI is InChI=1S/C15H16ClNO4S/c1-10-3-5-13(11(7-10)9-18)17-22(19,20)15-8-12(16)4-6-14(15)21-2/h3-8,17-18H,9H2,1-2H3. The van der Waals surface area contributed by atoms with E-state index in [1.807, 2.05) is 6.92 Å². The molecule has 0 fully saturated rings. The molecule has 0 aliphatic heterocycles. The summed E-state index contributed by atoms with van der Waals surface area (Å²) < 4.78 is 32.6. The first-order valence-corrected chi connectivity index (χ1v) is 8.30. The van der Waals surface area contributed by atoms with Crippen LogP contribution in [0.25, 0.3) is 0 Å². The van der Waals surface area contributed by atoms with Crippen molar-refractivity contribution in [3.8, 4) is 5.75 Å². The number of ether oxygens (including phenoxy) is 1. The van der Waals surface area contributed by atoms with E-state index in [0.717, 1.165) is 5.56 Å². The fraction of sp³-hybridized carbons (Fsp3) is 0.200. The summed E-state index contributed by atoms with van der Waals surface area (Å²) in [6.45, 7) is 1.59. The van der Waals surface area contributed by atoms with Crippen LogP contribution in [0.4, 0.5) is 5.69 Å². The van der Waals surface area contributed by atoms with Gasteiger partial charge in [0.25, 0.3) is 10.0 Å². The van der Waals surface area contributed by atoms with E-state index in [-0.39, 0.29) is 22.3 Å². The number of methoxy groups -OCH3 is 1. The van der Waals surface area contributed by atoms with Crippen LogP contribution < -0.4 is 9.46 Å². The maximum Gasteiger partial charge on any atom is 0.265 e. The third kappa shape index (κ3) is 3.52. The number of sulfonamides is 1. The van der Waals surface area contributed by atoms with Crippen molar-refractivity contribution in [3.63, 3.8) is 0 Å². The van der Waals surface area contributed by atoms with Gasteiger partial charge >= 0.3 is 0 Å². The Kier molecular flexibility index (Phi) is 4.95. The van der Waals surface area contributed by atoms with E-state index in [9.17, 15) is 13.5 Å². The van der Waals surface area contributed by atoms with Crippen molar-refractivity contribution in [2.24, 2.45) is 0 Å². The second kappa shape index (κ2) is 6.56. The predicted octanol–water partition coefficient (Wildman–Crippen LogP) is 2.95. The van der Waals surface area contributed by atoms with Crippen molar-refractivity contribution < 1.29 is 18.3 Å². The van der Waals surface area contributed by atoms with Gasteiger partial charge in [-0.2, -0.15) is 0 Å². The fourth-order valence-corrected chi connectivity index (χ4v) is 3.55. The number of hydrogen-bond donors (Lipinski definition) is 2. The maximum atomic E-state index is 12.6. The van der Waals surface area contributed by atoms with Crippen LogP contribution in [0.1, 0.15) is 11.1 Å². The Morgan fingerprint density at radius 1 is 1.23 bits per heavy atom. The molecule has 7 heteroatoms. The topological polar surface area (TPSA) is 75.6 Å². The molecule has 0 aliphatic rings. The highest BCUT2D eigenvalue weighted by molar-refractivity contribution is 7.92. The molecular formula is C15H16ClNO4S. The molecule has 0 atom stereocenters. The van der Waals surface area contributed by atoms with Crippen molar-refractivity contribution >= 4 is 27.3 Å². The quantitative estimate of drug-likeness (QED) is 0.876. The summed E-state index contributed by atoms with van der Waals surface area (Å²) in [4.78, 5) is -0.0630. The summed E-state index contributed by atoms with van der Waals surface area (Å²) in [6, 6.07) is 9.42. The Morgan fingerprint density at radius 2 is 1.95 bits per heavy atom. The molecule has 22 heavy (non-hydrogen) atoms. The van der Waals surface area contributed by atoms with E-state index >= 15 is 0 Å². The van der Waals surface area contributed by atoms with Gasteiger partial charge in [-0.25, -0.2) is 8.42 Å². The van der Waals surface area contributed by atoms with Crippen LogP contribution >= 0.6 is 11.6 Å². The van der Waals surface area contributed by atoms with E-state index in [0.29, 0.717) is 11.3 Å². The normalized spacial score (nSPS) is 11.3. The molecule has 0 aromatic heterocycles. The van der Waals surface area contributed by atoms with Gasteiger partial charge in [-0.1, -0.05) is 29.3 Å². The molecular weight excluding hydrogens is 326 g/mol. The highest BCUT2D eigenvalue weighted by Crippen LogP contribution is 2.29. The zero-order valence-corrected chi connectivity index (χ0v) is 13.7. The molecule has 2 rings (SSSR count). The third-order valence-corrected chi connectivity index (χ3v) is 4.71. The predicted molar refractivity (Wildman–Crippen MR) is 85.9 cm³/mol. The van der Waals surface area contributed by atoms with Gasteiger partial charge in [-0.3, -0.25) is 4.72 Å². The van der Waals surface area contributed by atoms with E-state index in [1.165, 1.54) is 19.2 Å². The summed E-state index contributed by atoms with van der Waals surface area (Å²) in [6.07, 6.45) is 0. The minimum atomic E-state index is -3.89. The van der Waals surface area contributed by atoms with Gasteiger partial charge in [0, 0.05) is 10.6 Å². The van der Waals surface area contributed by atoms with Crippen molar-refractivity contribution in [1.29, 1.82) is 0 Å². The monoisotopic (exact) mass is 341 g/mol.